The summed E-state index contributed by atoms with van der Waals surface area (Å²) in [5, 5.41) is 19.2. The van der Waals surface area contributed by atoms with Crippen molar-refractivity contribution < 1.29 is 23.2 Å². The van der Waals surface area contributed by atoms with Crippen molar-refractivity contribution in [2.45, 2.75) is 6.43 Å². The highest BCUT2D eigenvalue weighted by Crippen LogP contribution is 2.32. The zero-order chi connectivity index (χ0) is 13.9. The van der Waals surface area contributed by atoms with Gasteiger partial charge in [-0.25, -0.2) is 13.6 Å². The first kappa shape index (κ1) is 13.4. The quantitative estimate of drug-likeness (QED) is 0.462. The van der Waals surface area contributed by atoms with Crippen molar-refractivity contribution in [2.75, 3.05) is 7.11 Å². The number of hydrogen-bond donors (Lipinski definition) is 0. The Morgan fingerprint density at radius 3 is 2.67 bits per heavy atom. The number of pyridine rings is 1. The normalized spacial score (nSPS) is 9.94. The van der Waals surface area contributed by atoms with Crippen LogP contribution in [-0.2, 0) is 4.74 Å². The highest BCUT2D eigenvalue weighted by Gasteiger charge is 2.33. The third-order valence-corrected chi connectivity index (χ3v) is 2.00. The van der Waals surface area contributed by atoms with Gasteiger partial charge in [-0.3, -0.25) is 0 Å². The van der Waals surface area contributed by atoms with Crippen LogP contribution in [0.2, 0.25) is 0 Å². The van der Waals surface area contributed by atoms with Crippen LogP contribution in [0.15, 0.2) is 6.20 Å². The first-order valence-electron chi connectivity index (χ1n) is 4.37. The van der Waals surface area contributed by atoms with Gasteiger partial charge < -0.3 is 14.9 Å². The largest absolute Gasteiger partial charge is 0.465 e. The van der Waals surface area contributed by atoms with Gasteiger partial charge in [0.25, 0.3) is 6.43 Å². The zero-order valence-electron chi connectivity index (χ0n) is 8.89. The molecule has 1 aromatic rings. The van der Waals surface area contributed by atoms with Gasteiger partial charge in [0.1, 0.15) is 17.2 Å². The number of carbonyl (C=O) groups excluding carboxylic acids is 1. The average Bonchev–Trinajstić information content (AvgIpc) is 2.35. The van der Waals surface area contributed by atoms with Crippen molar-refractivity contribution in [3.8, 4) is 6.07 Å². The highest BCUT2D eigenvalue weighted by molar-refractivity contribution is 5.94. The summed E-state index contributed by atoms with van der Waals surface area (Å²) in [4.78, 5) is 23.9. The number of ether oxygens (including phenoxy) is 1. The van der Waals surface area contributed by atoms with E-state index in [1.54, 1.807) is 0 Å². The van der Waals surface area contributed by atoms with Crippen molar-refractivity contribution in [1.29, 1.82) is 5.26 Å². The molecule has 0 aliphatic carbocycles. The minimum atomic E-state index is -3.33. The molecule has 0 saturated heterocycles. The lowest BCUT2D eigenvalue weighted by Crippen LogP contribution is -2.12. The molecular formula is C9H5F2N3O4. The highest BCUT2D eigenvalue weighted by atomic mass is 19.3. The molecule has 0 radical (unpaired) electrons. The molecule has 9 heteroatoms. The summed E-state index contributed by atoms with van der Waals surface area (Å²) in [5.41, 5.74) is -2.56. The van der Waals surface area contributed by atoms with Crippen molar-refractivity contribution >= 4 is 11.8 Å². The second kappa shape index (κ2) is 5.13. The monoisotopic (exact) mass is 257 g/mol. The maximum Gasteiger partial charge on any atom is 0.373 e. The lowest BCUT2D eigenvalue weighted by molar-refractivity contribution is -0.391. The number of halogens is 2. The Bertz CT molecular complexity index is 553. The fourth-order valence-electron chi connectivity index (χ4n) is 1.28. The fraction of sp³-hybridized carbons (Fsp3) is 0.222. The smallest absolute Gasteiger partial charge is 0.373 e. The molecule has 0 N–H and O–H groups in total. The summed E-state index contributed by atoms with van der Waals surface area (Å²) in [6, 6.07) is 1.45. The number of nitriles is 1. The minimum Gasteiger partial charge on any atom is -0.465 e. The Morgan fingerprint density at radius 1 is 1.67 bits per heavy atom. The third kappa shape index (κ3) is 2.22. The number of rotatable bonds is 3. The van der Waals surface area contributed by atoms with Crippen LogP contribution in [0, 0.1) is 21.4 Å². The number of carbonyl (C=O) groups is 1. The number of hydrogen-bond acceptors (Lipinski definition) is 6. The number of alkyl halides is 2. The van der Waals surface area contributed by atoms with Gasteiger partial charge in [0.05, 0.1) is 12.7 Å². The molecule has 1 rings (SSSR count). The molecule has 1 aromatic heterocycles. The van der Waals surface area contributed by atoms with Crippen LogP contribution < -0.4 is 0 Å². The summed E-state index contributed by atoms with van der Waals surface area (Å²) in [5.74, 6) is -2.43. The third-order valence-electron chi connectivity index (χ3n) is 2.00. The second-order valence-corrected chi connectivity index (χ2v) is 2.95. The molecule has 0 aromatic carbocycles. The van der Waals surface area contributed by atoms with Gasteiger partial charge in [0, 0.05) is 0 Å². The molecular weight excluding hydrogens is 252 g/mol. The van der Waals surface area contributed by atoms with E-state index in [1.165, 1.54) is 6.07 Å². The average molecular weight is 257 g/mol. The Balaban J connectivity index is 3.71. The van der Waals surface area contributed by atoms with Gasteiger partial charge in [0.2, 0.25) is 0 Å². The Kier molecular flexibility index (Phi) is 3.83. The van der Waals surface area contributed by atoms with Gasteiger partial charge in [-0.1, -0.05) is 0 Å². The molecule has 7 nitrogen and oxygen atoms in total. The number of aromatic nitrogens is 1. The van der Waals surface area contributed by atoms with Gasteiger partial charge in [-0.05, 0) is 9.91 Å². The van der Waals surface area contributed by atoms with E-state index in [4.69, 9.17) is 5.26 Å². The topological polar surface area (TPSA) is 106 Å². The molecule has 0 unspecified atom stereocenters. The van der Waals surface area contributed by atoms with Gasteiger partial charge in [0.15, 0.2) is 6.20 Å². The van der Waals surface area contributed by atoms with E-state index in [2.05, 4.69) is 9.72 Å². The van der Waals surface area contributed by atoms with Crippen LogP contribution >= 0.6 is 0 Å². The molecule has 0 bridgehead atoms. The van der Waals surface area contributed by atoms with E-state index in [0.717, 1.165) is 7.11 Å². The first-order chi connectivity index (χ1) is 8.43. The van der Waals surface area contributed by atoms with E-state index in [1.807, 2.05) is 0 Å². The molecule has 1 heterocycles. The van der Waals surface area contributed by atoms with E-state index in [-0.39, 0.29) is 0 Å². The molecule has 0 amide bonds. The fourth-order valence-corrected chi connectivity index (χ4v) is 1.28. The maximum atomic E-state index is 12.8. The van der Waals surface area contributed by atoms with Crippen molar-refractivity contribution in [3.05, 3.63) is 33.0 Å². The number of nitro groups is 1. The molecule has 0 saturated carbocycles. The molecule has 0 aliphatic rings. The lowest BCUT2D eigenvalue weighted by Gasteiger charge is -2.07. The maximum absolute atomic E-state index is 12.8. The van der Waals surface area contributed by atoms with Gasteiger partial charge in [-0.15, -0.1) is 0 Å². The second-order valence-electron chi connectivity index (χ2n) is 2.95. The Labute approximate surface area is 98.8 Å². The SMILES string of the molecule is COC(=O)c1c(C#N)cnc([N+](=O)[O-])c1C(F)F. The molecule has 0 fully saturated rings. The van der Waals surface area contributed by atoms with Crippen molar-refractivity contribution in [1.82, 2.24) is 4.98 Å². The van der Waals surface area contributed by atoms with E-state index >= 15 is 0 Å². The number of nitrogens with zero attached hydrogens (tertiary/aromatic N) is 3. The first-order valence-corrected chi connectivity index (χ1v) is 4.37. The number of methoxy groups -OCH3 is 1. The number of esters is 1. The van der Waals surface area contributed by atoms with Crippen LogP contribution in [0.25, 0.3) is 0 Å². The predicted octanol–water partition coefficient (Wildman–Crippen LogP) is 1.59. The van der Waals surface area contributed by atoms with Crippen LogP contribution in [0.3, 0.4) is 0 Å². The van der Waals surface area contributed by atoms with E-state index in [0.29, 0.717) is 6.20 Å². The molecule has 0 atom stereocenters. The Hall–Kier alpha value is -2.63. The van der Waals surface area contributed by atoms with Gasteiger partial charge >= 0.3 is 11.8 Å². The van der Waals surface area contributed by atoms with Gasteiger partial charge in [-0.2, -0.15) is 5.26 Å². The van der Waals surface area contributed by atoms with E-state index < -0.39 is 39.8 Å². The van der Waals surface area contributed by atoms with E-state index in [9.17, 15) is 23.7 Å². The standard InChI is InChI=1S/C9H5F2N3O4/c1-18-9(15)5-4(2-12)3-13-8(14(16)17)6(5)7(10)11/h3,7H,1H3. The Morgan fingerprint density at radius 2 is 2.28 bits per heavy atom. The van der Waals surface area contributed by atoms with Crippen LogP contribution in [0.1, 0.15) is 27.9 Å². The predicted molar refractivity (Wildman–Crippen MR) is 51.9 cm³/mol. The molecule has 18 heavy (non-hydrogen) atoms. The van der Waals surface area contributed by atoms with Crippen molar-refractivity contribution in [3.63, 3.8) is 0 Å². The van der Waals surface area contributed by atoms with Crippen molar-refractivity contribution in [2.24, 2.45) is 0 Å². The zero-order valence-corrected chi connectivity index (χ0v) is 8.89. The summed E-state index contributed by atoms with van der Waals surface area (Å²) in [6.45, 7) is 0. The van der Waals surface area contributed by atoms with Crippen LogP contribution in [-0.4, -0.2) is 23.0 Å². The van der Waals surface area contributed by atoms with Crippen LogP contribution in [0.4, 0.5) is 14.6 Å². The van der Waals surface area contributed by atoms with Crippen LogP contribution in [0.5, 0.6) is 0 Å². The molecule has 0 aliphatic heterocycles. The summed E-state index contributed by atoms with van der Waals surface area (Å²) in [6.07, 6.45) is -2.66. The summed E-state index contributed by atoms with van der Waals surface area (Å²) < 4.78 is 29.8. The summed E-state index contributed by atoms with van der Waals surface area (Å²) in [7, 11) is 0.908. The molecule has 94 valence electrons. The lowest BCUT2D eigenvalue weighted by atomic mass is 10.0. The summed E-state index contributed by atoms with van der Waals surface area (Å²) >= 11 is 0. The minimum absolute atomic E-state index is 0.511. The molecule has 0 spiro atoms.